The number of rotatable bonds is 9. The average Bonchev–Trinajstić information content (AvgIpc) is 2.43. The third-order valence-electron chi connectivity index (χ3n) is 3.57. The second kappa shape index (κ2) is 9.38. The molecule has 2 N–H and O–H groups in total. The Labute approximate surface area is 133 Å². The molecule has 0 heterocycles. The summed E-state index contributed by atoms with van der Waals surface area (Å²) in [6.45, 7) is 6.25. The van der Waals surface area contributed by atoms with Crippen LogP contribution in [0.4, 0.5) is 0 Å². The van der Waals surface area contributed by atoms with E-state index in [0.29, 0.717) is 13.2 Å². The van der Waals surface area contributed by atoms with Gasteiger partial charge in [0.25, 0.3) is 0 Å². The lowest BCUT2D eigenvalue weighted by Gasteiger charge is -2.38. The van der Waals surface area contributed by atoms with Gasteiger partial charge in [-0.2, -0.15) is 0 Å². The van der Waals surface area contributed by atoms with Gasteiger partial charge in [-0.05, 0) is 31.5 Å². The minimum absolute atomic E-state index is 0.0281. The van der Waals surface area contributed by atoms with Crippen molar-refractivity contribution in [1.82, 2.24) is 4.90 Å². The molecule has 0 radical (unpaired) electrons. The van der Waals surface area contributed by atoms with E-state index in [9.17, 15) is 0 Å². The van der Waals surface area contributed by atoms with E-state index < -0.39 is 0 Å². The van der Waals surface area contributed by atoms with Gasteiger partial charge in [-0.15, -0.1) is 0 Å². The molecular formula is C16H27ClN2O2. The van der Waals surface area contributed by atoms with E-state index in [0.717, 1.165) is 17.1 Å². The smallest absolute Gasteiger partial charge is 0.0615 e. The van der Waals surface area contributed by atoms with Gasteiger partial charge in [0.05, 0.1) is 19.3 Å². The Hall–Kier alpha value is -0.650. The van der Waals surface area contributed by atoms with E-state index in [1.165, 1.54) is 0 Å². The molecule has 0 saturated heterocycles. The van der Waals surface area contributed by atoms with Crippen LogP contribution in [0.25, 0.3) is 0 Å². The normalized spacial score (nSPS) is 16.0. The maximum atomic E-state index is 6.26. The molecule has 3 atom stereocenters. The van der Waals surface area contributed by atoms with Crippen molar-refractivity contribution >= 4 is 11.6 Å². The van der Waals surface area contributed by atoms with Crippen LogP contribution >= 0.6 is 11.6 Å². The van der Waals surface area contributed by atoms with E-state index in [2.05, 4.69) is 17.9 Å². The number of nitrogens with zero attached hydrogens (tertiary/aromatic N) is 1. The maximum Gasteiger partial charge on any atom is 0.0615 e. The first-order valence-corrected chi connectivity index (χ1v) is 7.63. The average molecular weight is 315 g/mol. The monoisotopic (exact) mass is 314 g/mol. The Bertz CT molecular complexity index is 415. The topological polar surface area (TPSA) is 47.7 Å². The van der Waals surface area contributed by atoms with Gasteiger partial charge < -0.3 is 15.2 Å². The number of nitrogens with two attached hydrogens (primary N) is 1. The molecule has 1 rings (SSSR count). The number of hydrogen-bond donors (Lipinski definition) is 1. The fraction of sp³-hybridized carbons (Fsp3) is 0.625. The first-order chi connectivity index (χ1) is 10.0. The Morgan fingerprint density at radius 3 is 2.48 bits per heavy atom. The van der Waals surface area contributed by atoms with Crippen LogP contribution in [-0.2, 0) is 9.47 Å². The maximum absolute atomic E-state index is 6.26. The van der Waals surface area contributed by atoms with Crippen LogP contribution in [0.2, 0.25) is 5.02 Å². The summed E-state index contributed by atoms with van der Waals surface area (Å²) < 4.78 is 10.5. The van der Waals surface area contributed by atoms with Crippen LogP contribution in [0.5, 0.6) is 0 Å². The molecule has 3 unspecified atom stereocenters. The summed E-state index contributed by atoms with van der Waals surface area (Å²) >= 11 is 6.13. The Morgan fingerprint density at radius 2 is 1.95 bits per heavy atom. The molecule has 0 spiro atoms. The van der Waals surface area contributed by atoms with Crippen LogP contribution in [0.1, 0.15) is 25.5 Å². The lowest BCUT2D eigenvalue weighted by atomic mass is 9.97. The van der Waals surface area contributed by atoms with Crippen molar-refractivity contribution in [2.24, 2.45) is 5.73 Å². The number of ether oxygens (including phenoxy) is 2. The highest BCUT2D eigenvalue weighted by Crippen LogP contribution is 2.27. The predicted octanol–water partition coefficient (Wildman–Crippen LogP) is 2.71. The molecule has 0 fully saturated rings. The molecule has 0 aliphatic heterocycles. The number of halogens is 1. The van der Waals surface area contributed by atoms with Gasteiger partial charge in [-0.1, -0.05) is 23.7 Å². The second-order valence-corrected chi connectivity index (χ2v) is 5.83. The fourth-order valence-electron chi connectivity index (χ4n) is 2.65. The molecule has 0 saturated carbocycles. The van der Waals surface area contributed by atoms with Gasteiger partial charge in [0.2, 0.25) is 0 Å². The van der Waals surface area contributed by atoms with Crippen LogP contribution in [-0.4, -0.2) is 51.0 Å². The largest absolute Gasteiger partial charge is 0.383 e. The van der Waals surface area contributed by atoms with Gasteiger partial charge in [0, 0.05) is 37.9 Å². The third kappa shape index (κ3) is 5.57. The highest BCUT2D eigenvalue weighted by molar-refractivity contribution is 6.30. The van der Waals surface area contributed by atoms with Crippen molar-refractivity contribution in [3.63, 3.8) is 0 Å². The lowest BCUT2D eigenvalue weighted by molar-refractivity contribution is 0.0400. The minimum Gasteiger partial charge on any atom is -0.383 e. The molecule has 0 aliphatic carbocycles. The highest BCUT2D eigenvalue weighted by Gasteiger charge is 2.27. The Kier molecular flexibility index (Phi) is 8.22. The summed E-state index contributed by atoms with van der Waals surface area (Å²) in [5.74, 6) is 0. The van der Waals surface area contributed by atoms with Crippen LogP contribution in [0, 0.1) is 0 Å². The fourth-order valence-corrected chi connectivity index (χ4v) is 2.85. The van der Waals surface area contributed by atoms with Gasteiger partial charge in [0.15, 0.2) is 0 Å². The van der Waals surface area contributed by atoms with Crippen LogP contribution < -0.4 is 5.73 Å². The molecule has 120 valence electrons. The highest BCUT2D eigenvalue weighted by atomic mass is 35.5. The summed E-state index contributed by atoms with van der Waals surface area (Å²) in [6, 6.07) is 8.17. The van der Waals surface area contributed by atoms with Crippen molar-refractivity contribution in [3.8, 4) is 0 Å². The first-order valence-electron chi connectivity index (χ1n) is 7.26. The van der Waals surface area contributed by atoms with E-state index in [-0.39, 0.29) is 18.1 Å². The molecule has 1 aromatic rings. The zero-order valence-corrected chi connectivity index (χ0v) is 14.1. The van der Waals surface area contributed by atoms with Gasteiger partial charge in [0.1, 0.15) is 0 Å². The quantitative estimate of drug-likeness (QED) is 0.761. The summed E-state index contributed by atoms with van der Waals surface area (Å²) in [5.41, 5.74) is 7.38. The van der Waals surface area contributed by atoms with Crippen molar-refractivity contribution < 1.29 is 9.47 Å². The molecule has 0 aromatic heterocycles. The second-order valence-electron chi connectivity index (χ2n) is 5.39. The standard InChI is InChI=1S/C16H27ClN2O2/c1-12(11-21-4)19(8-9-20-3)16(13(2)18)14-6-5-7-15(17)10-14/h5-7,10,12-13,16H,8-9,11,18H2,1-4H3. The van der Waals surface area contributed by atoms with Crippen LogP contribution in [0.3, 0.4) is 0 Å². The molecule has 5 heteroatoms. The minimum atomic E-state index is -0.0281. The van der Waals surface area contributed by atoms with Gasteiger partial charge >= 0.3 is 0 Å². The molecule has 21 heavy (non-hydrogen) atoms. The van der Waals surface area contributed by atoms with Gasteiger partial charge in [-0.25, -0.2) is 0 Å². The van der Waals surface area contributed by atoms with E-state index in [1.807, 2.05) is 25.1 Å². The SMILES string of the molecule is COCCN(C(C)COC)C(c1cccc(Cl)c1)C(C)N. The molecule has 0 amide bonds. The van der Waals surface area contributed by atoms with E-state index in [1.54, 1.807) is 14.2 Å². The zero-order chi connectivity index (χ0) is 15.8. The number of benzene rings is 1. The van der Waals surface area contributed by atoms with Crippen molar-refractivity contribution in [2.45, 2.75) is 32.0 Å². The Morgan fingerprint density at radius 1 is 1.24 bits per heavy atom. The van der Waals surface area contributed by atoms with E-state index >= 15 is 0 Å². The van der Waals surface area contributed by atoms with Crippen molar-refractivity contribution in [1.29, 1.82) is 0 Å². The number of hydrogen-bond acceptors (Lipinski definition) is 4. The third-order valence-corrected chi connectivity index (χ3v) is 3.81. The molecule has 1 aromatic carbocycles. The molecule has 4 nitrogen and oxygen atoms in total. The van der Waals surface area contributed by atoms with E-state index in [4.69, 9.17) is 26.8 Å². The van der Waals surface area contributed by atoms with Crippen molar-refractivity contribution in [2.75, 3.05) is 34.0 Å². The molecule has 0 aliphatic rings. The number of methoxy groups -OCH3 is 2. The lowest BCUT2D eigenvalue weighted by Crippen LogP contribution is -2.47. The van der Waals surface area contributed by atoms with Crippen molar-refractivity contribution in [3.05, 3.63) is 34.9 Å². The summed E-state index contributed by atoms with van der Waals surface area (Å²) in [4.78, 5) is 2.32. The first kappa shape index (κ1) is 18.4. The van der Waals surface area contributed by atoms with Crippen LogP contribution in [0.15, 0.2) is 24.3 Å². The van der Waals surface area contributed by atoms with Gasteiger partial charge in [-0.3, -0.25) is 4.90 Å². The molecular weight excluding hydrogens is 288 g/mol. The zero-order valence-electron chi connectivity index (χ0n) is 13.4. The predicted molar refractivity (Wildman–Crippen MR) is 87.8 cm³/mol. The summed E-state index contributed by atoms with van der Waals surface area (Å²) in [6.07, 6.45) is 0. The summed E-state index contributed by atoms with van der Waals surface area (Å²) in [7, 11) is 3.42. The Balaban J connectivity index is 3.06. The summed E-state index contributed by atoms with van der Waals surface area (Å²) in [5, 5.41) is 0.726. The molecule has 0 bridgehead atoms.